The zero-order valence-corrected chi connectivity index (χ0v) is 11.9. The van der Waals surface area contributed by atoms with Crippen LogP contribution in [0.15, 0.2) is 24.4 Å². The first-order valence-corrected chi connectivity index (χ1v) is 6.36. The summed E-state index contributed by atoms with van der Waals surface area (Å²) in [6.07, 6.45) is 1.96. The second-order valence-electron chi connectivity index (χ2n) is 4.65. The van der Waals surface area contributed by atoms with E-state index in [0.29, 0.717) is 17.8 Å². The molecule has 0 radical (unpaired) electrons. The number of amides is 1. The van der Waals surface area contributed by atoms with Gasteiger partial charge in [-0.15, -0.1) is 0 Å². The van der Waals surface area contributed by atoms with Crippen LogP contribution in [0, 0.1) is 6.92 Å². The molecule has 6 nitrogen and oxygen atoms in total. The molecule has 0 bridgehead atoms. The summed E-state index contributed by atoms with van der Waals surface area (Å²) in [4.78, 5) is 11.6. The van der Waals surface area contributed by atoms with Crippen molar-refractivity contribution in [1.82, 2.24) is 15.1 Å². The third-order valence-electron chi connectivity index (χ3n) is 3.13. The molecule has 0 aliphatic heterocycles. The average Bonchev–Trinajstić information content (AvgIpc) is 2.75. The largest absolute Gasteiger partial charge is 0.397 e. The number of rotatable bonds is 4. The first-order valence-electron chi connectivity index (χ1n) is 6.36. The van der Waals surface area contributed by atoms with Gasteiger partial charge in [0.25, 0.3) is 5.91 Å². The summed E-state index contributed by atoms with van der Waals surface area (Å²) in [5.41, 5.74) is 9.92. The van der Waals surface area contributed by atoms with E-state index in [9.17, 15) is 4.79 Å². The predicted octanol–water partition coefficient (Wildman–Crippen LogP) is 1.28. The summed E-state index contributed by atoms with van der Waals surface area (Å²) >= 11 is 0. The fourth-order valence-corrected chi connectivity index (χ4v) is 2.01. The molecule has 4 N–H and O–H groups in total. The molecule has 0 aliphatic carbocycles. The second kappa shape index (κ2) is 5.64. The zero-order chi connectivity index (χ0) is 14.7. The van der Waals surface area contributed by atoms with Gasteiger partial charge in [-0.3, -0.25) is 9.48 Å². The van der Waals surface area contributed by atoms with E-state index >= 15 is 0 Å². The predicted molar refractivity (Wildman–Crippen MR) is 79.5 cm³/mol. The van der Waals surface area contributed by atoms with Crippen molar-refractivity contribution in [2.24, 2.45) is 7.05 Å². The third-order valence-corrected chi connectivity index (χ3v) is 3.13. The van der Waals surface area contributed by atoms with Gasteiger partial charge in [0.05, 0.1) is 17.1 Å². The molecule has 2 rings (SSSR count). The Hall–Kier alpha value is -2.50. The van der Waals surface area contributed by atoms with Crippen LogP contribution in [0.25, 0.3) is 0 Å². The Morgan fingerprint density at radius 1 is 1.45 bits per heavy atom. The normalized spacial score (nSPS) is 10.3. The SMILES string of the molecule is CNC(=O)c1ccc(N)c(NCc2cn(C)nc2C)c1. The fraction of sp³-hybridized carbons (Fsp3) is 0.286. The molecule has 6 heteroatoms. The average molecular weight is 273 g/mol. The fourth-order valence-electron chi connectivity index (χ4n) is 2.01. The number of hydrogen-bond acceptors (Lipinski definition) is 4. The number of aromatic nitrogens is 2. The highest BCUT2D eigenvalue weighted by molar-refractivity contribution is 5.96. The number of benzene rings is 1. The number of nitrogens with zero attached hydrogens (tertiary/aromatic N) is 2. The molecule has 106 valence electrons. The molecule has 0 unspecified atom stereocenters. The Bertz CT molecular complexity index is 632. The van der Waals surface area contributed by atoms with Crippen molar-refractivity contribution in [3.63, 3.8) is 0 Å². The number of carbonyl (C=O) groups excluding carboxylic acids is 1. The second-order valence-corrected chi connectivity index (χ2v) is 4.65. The summed E-state index contributed by atoms with van der Waals surface area (Å²) < 4.78 is 1.77. The lowest BCUT2D eigenvalue weighted by Crippen LogP contribution is -2.18. The van der Waals surface area contributed by atoms with Gasteiger partial charge in [0.1, 0.15) is 0 Å². The smallest absolute Gasteiger partial charge is 0.251 e. The standard InChI is InChI=1S/C14H19N5O/c1-9-11(8-19(3)18-9)7-17-13-6-10(14(20)16-2)4-5-12(13)15/h4-6,8,17H,7,15H2,1-3H3,(H,16,20). The summed E-state index contributed by atoms with van der Waals surface area (Å²) in [5.74, 6) is -0.134. The van der Waals surface area contributed by atoms with Gasteiger partial charge in [0, 0.05) is 38.0 Å². The van der Waals surface area contributed by atoms with E-state index < -0.39 is 0 Å². The van der Waals surface area contributed by atoms with Gasteiger partial charge < -0.3 is 16.4 Å². The Kier molecular flexibility index (Phi) is 3.93. The maximum Gasteiger partial charge on any atom is 0.251 e. The Balaban J connectivity index is 2.16. The van der Waals surface area contributed by atoms with E-state index in [-0.39, 0.29) is 5.91 Å². The minimum atomic E-state index is -0.134. The molecular weight excluding hydrogens is 254 g/mol. The van der Waals surface area contributed by atoms with Gasteiger partial charge in [0.2, 0.25) is 0 Å². The summed E-state index contributed by atoms with van der Waals surface area (Å²) in [5, 5.41) is 10.1. The van der Waals surface area contributed by atoms with E-state index in [1.807, 2.05) is 20.2 Å². The Morgan fingerprint density at radius 3 is 2.80 bits per heavy atom. The zero-order valence-electron chi connectivity index (χ0n) is 11.9. The minimum Gasteiger partial charge on any atom is -0.397 e. The molecule has 1 amide bonds. The van der Waals surface area contributed by atoms with Crippen LogP contribution in [0.5, 0.6) is 0 Å². The van der Waals surface area contributed by atoms with Crippen molar-refractivity contribution in [3.8, 4) is 0 Å². The molecule has 0 saturated heterocycles. The molecular formula is C14H19N5O. The van der Waals surface area contributed by atoms with Gasteiger partial charge in [0.15, 0.2) is 0 Å². The Morgan fingerprint density at radius 2 is 2.20 bits per heavy atom. The number of nitrogens with one attached hydrogen (secondary N) is 2. The minimum absolute atomic E-state index is 0.134. The van der Waals surface area contributed by atoms with Crippen LogP contribution in [0.3, 0.4) is 0 Å². The van der Waals surface area contributed by atoms with Gasteiger partial charge in [-0.05, 0) is 25.1 Å². The van der Waals surface area contributed by atoms with Gasteiger partial charge in [-0.2, -0.15) is 5.10 Å². The molecule has 1 aromatic heterocycles. The van der Waals surface area contributed by atoms with Crippen LogP contribution in [0.1, 0.15) is 21.6 Å². The number of hydrogen-bond donors (Lipinski definition) is 3. The van der Waals surface area contributed by atoms with Gasteiger partial charge in [-0.1, -0.05) is 0 Å². The first kappa shape index (κ1) is 13.9. The molecule has 2 aromatic rings. The highest BCUT2D eigenvalue weighted by Crippen LogP contribution is 2.21. The number of nitrogens with two attached hydrogens (primary N) is 1. The van der Waals surface area contributed by atoms with E-state index in [0.717, 1.165) is 16.9 Å². The number of anilines is 2. The first-order chi connectivity index (χ1) is 9.51. The highest BCUT2D eigenvalue weighted by atomic mass is 16.1. The topological polar surface area (TPSA) is 85.0 Å². The van der Waals surface area contributed by atoms with E-state index in [1.165, 1.54) is 0 Å². The van der Waals surface area contributed by atoms with Crippen LogP contribution in [0.2, 0.25) is 0 Å². The molecule has 1 aromatic carbocycles. The van der Waals surface area contributed by atoms with Crippen molar-refractivity contribution in [1.29, 1.82) is 0 Å². The maximum atomic E-state index is 11.6. The van der Waals surface area contributed by atoms with E-state index in [4.69, 9.17) is 5.73 Å². The van der Waals surface area contributed by atoms with Crippen LogP contribution in [0.4, 0.5) is 11.4 Å². The quantitative estimate of drug-likeness (QED) is 0.733. The van der Waals surface area contributed by atoms with Crippen molar-refractivity contribution in [2.75, 3.05) is 18.1 Å². The highest BCUT2D eigenvalue weighted by Gasteiger charge is 2.08. The number of nitrogen functional groups attached to an aromatic ring is 1. The van der Waals surface area contributed by atoms with Gasteiger partial charge >= 0.3 is 0 Å². The lowest BCUT2D eigenvalue weighted by Gasteiger charge is -2.10. The van der Waals surface area contributed by atoms with E-state index in [2.05, 4.69) is 15.7 Å². The molecule has 1 heterocycles. The van der Waals surface area contributed by atoms with Crippen LogP contribution in [-0.4, -0.2) is 22.7 Å². The van der Waals surface area contributed by atoms with Crippen LogP contribution in [-0.2, 0) is 13.6 Å². The molecule has 0 spiro atoms. The van der Waals surface area contributed by atoms with E-state index in [1.54, 1.807) is 29.9 Å². The molecule has 0 fully saturated rings. The van der Waals surface area contributed by atoms with Crippen molar-refractivity contribution < 1.29 is 4.79 Å². The lowest BCUT2D eigenvalue weighted by atomic mass is 10.1. The summed E-state index contributed by atoms with van der Waals surface area (Å²) in [7, 11) is 3.49. The Labute approximate surface area is 118 Å². The maximum absolute atomic E-state index is 11.6. The van der Waals surface area contributed by atoms with Gasteiger partial charge in [-0.25, -0.2) is 0 Å². The molecule has 20 heavy (non-hydrogen) atoms. The lowest BCUT2D eigenvalue weighted by molar-refractivity contribution is 0.0963. The third kappa shape index (κ3) is 2.90. The molecule has 0 saturated carbocycles. The summed E-state index contributed by atoms with van der Waals surface area (Å²) in [6.45, 7) is 2.57. The summed E-state index contributed by atoms with van der Waals surface area (Å²) in [6, 6.07) is 5.18. The van der Waals surface area contributed by atoms with Crippen LogP contribution >= 0.6 is 0 Å². The molecule has 0 aliphatic rings. The molecule has 0 atom stereocenters. The van der Waals surface area contributed by atoms with Crippen molar-refractivity contribution in [3.05, 3.63) is 41.2 Å². The number of aryl methyl sites for hydroxylation is 2. The number of carbonyl (C=O) groups is 1. The van der Waals surface area contributed by atoms with Crippen molar-refractivity contribution >= 4 is 17.3 Å². The monoisotopic (exact) mass is 273 g/mol. The van der Waals surface area contributed by atoms with Crippen LogP contribution < -0.4 is 16.4 Å². The van der Waals surface area contributed by atoms with Crippen molar-refractivity contribution in [2.45, 2.75) is 13.5 Å².